The summed E-state index contributed by atoms with van der Waals surface area (Å²) < 4.78 is 0. The molecule has 0 aliphatic rings. The maximum atomic E-state index is 13.7. The Morgan fingerprint density at radius 2 is 1.00 bits per heavy atom. The average Bonchev–Trinajstić information content (AvgIpc) is 3.00. The molecular weight excluding hydrogens is 592 g/mol. The Labute approximate surface area is 272 Å². The van der Waals surface area contributed by atoms with Crippen molar-refractivity contribution in [2.75, 3.05) is 99.0 Å². The van der Waals surface area contributed by atoms with E-state index in [4.69, 9.17) is 11.5 Å². The van der Waals surface area contributed by atoms with Crippen molar-refractivity contribution < 1.29 is 14.6 Å². The van der Waals surface area contributed by atoms with Crippen LogP contribution < -0.4 is 31.9 Å². The Kier molecular flexibility index (Phi) is 15.6. The summed E-state index contributed by atoms with van der Waals surface area (Å²) in [5.74, 6) is 0. The van der Waals surface area contributed by atoms with Gasteiger partial charge in [0.15, 0.2) is 0 Å². The summed E-state index contributed by atoms with van der Waals surface area (Å²) in [7, 11) is 0. The first-order chi connectivity index (χ1) is 21.9. The smallest absolute Gasteiger partial charge is 0.323 e. The van der Waals surface area contributed by atoms with E-state index in [2.05, 4.69) is 20.4 Å². The number of rotatable bonds is 20. The van der Waals surface area contributed by atoms with Gasteiger partial charge < -0.3 is 41.7 Å². The molecule has 2 rings (SSSR count). The van der Waals surface area contributed by atoms with Crippen LogP contribution in [0, 0.1) is 34.1 Å². The molecule has 15 heteroatoms. The molecule has 0 saturated heterocycles. The summed E-state index contributed by atoms with van der Waals surface area (Å²) in [6, 6.07) is 5.60. The second-order valence-corrected chi connectivity index (χ2v) is 11.1. The highest BCUT2D eigenvalue weighted by Gasteiger charge is 2.28. The molecule has 46 heavy (non-hydrogen) atoms. The van der Waals surface area contributed by atoms with Crippen LogP contribution in [0.3, 0.4) is 0 Å². The van der Waals surface area contributed by atoms with Crippen molar-refractivity contribution in [2.24, 2.45) is 11.5 Å². The van der Waals surface area contributed by atoms with E-state index in [1.54, 1.807) is 26.0 Å². The number of carbonyl (C=O) groups excluding carboxylic acids is 1. The number of nitrogens with one attached hydrogen (secondary N) is 2. The number of nitrogens with two attached hydrogens (primary N) is 2. The lowest BCUT2D eigenvalue weighted by Gasteiger charge is -2.30. The number of hydrogen-bond acceptors (Lipinski definition) is 11. The third-order valence-electron chi connectivity index (χ3n) is 7.95. The van der Waals surface area contributed by atoms with Gasteiger partial charge in [0, 0.05) is 64.5 Å². The van der Waals surface area contributed by atoms with E-state index in [9.17, 15) is 25.0 Å². The van der Waals surface area contributed by atoms with Crippen LogP contribution >= 0.6 is 0 Å². The van der Waals surface area contributed by atoms with Gasteiger partial charge in [-0.1, -0.05) is 27.7 Å². The predicted molar refractivity (Wildman–Crippen MR) is 186 cm³/mol. The number of amides is 2. The minimum absolute atomic E-state index is 0.152. The first-order valence-electron chi connectivity index (χ1n) is 15.9. The van der Waals surface area contributed by atoms with Crippen molar-refractivity contribution in [3.8, 4) is 0 Å². The molecule has 0 aliphatic carbocycles. The van der Waals surface area contributed by atoms with Gasteiger partial charge in [0.1, 0.15) is 11.4 Å². The zero-order valence-electron chi connectivity index (χ0n) is 28.2. The van der Waals surface area contributed by atoms with Gasteiger partial charge in [0.05, 0.1) is 21.2 Å². The van der Waals surface area contributed by atoms with E-state index in [0.717, 1.165) is 26.2 Å². The van der Waals surface area contributed by atoms with Gasteiger partial charge in [-0.3, -0.25) is 20.2 Å². The van der Waals surface area contributed by atoms with Gasteiger partial charge in [0.2, 0.25) is 0 Å². The SMILES string of the molecule is CCN(CC)CCN(CCN)c1c(NC(=O)Nc2cc(C)cc([N+](=O)[O-])c2N(CCN)CCN(CC)CC)cc(C)cc1[N+](=O)[O-]. The number of hydrogen-bond donors (Lipinski definition) is 4. The Balaban J connectivity index is 2.59. The summed E-state index contributed by atoms with van der Waals surface area (Å²) in [4.78, 5) is 45.3. The lowest BCUT2D eigenvalue weighted by molar-refractivity contribution is -0.384. The molecule has 0 radical (unpaired) electrons. The first kappa shape index (κ1) is 38.1. The van der Waals surface area contributed by atoms with Gasteiger partial charge in [-0.05, 0) is 63.3 Å². The van der Waals surface area contributed by atoms with Crippen molar-refractivity contribution in [1.82, 2.24) is 9.80 Å². The van der Waals surface area contributed by atoms with Crippen LogP contribution in [0.15, 0.2) is 24.3 Å². The summed E-state index contributed by atoms with van der Waals surface area (Å²) in [6.07, 6.45) is 0. The lowest BCUT2D eigenvalue weighted by Crippen LogP contribution is -2.39. The minimum atomic E-state index is -0.699. The third-order valence-corrected chi connectivity index (χ3v) is 7.95. The van der Waals surface area contributed by atoms with E-state index in [0.29, 0.717) is 50.4 Å². The van der Waals surface area contributed by atoms with Crippen molar-refractivity contribution in [3.05, 3.63) is 55.6 Å². The molecule has 0 aliphatic heterocycles. The van der Waals surface area contributed by atoms with Crippen LogP contribution in [-0.4, -0.2) is 104 Å². The largest absolute Gasteiger partial charge is 0.362 e. The van der Waals surface area contributed by atoms with Crippen LogP contribution in [-0.2, 0) is 0 Å². The number of urea groups is 1. The quantitative estimate of drug-likeness (QED) is 0.120. The molecule has 0 aromatic heterocycles. The fraction of sp³-hybridized carbons (Fsp3) is 0.581. The molecule has 256 valence electrons. The summed E-state index contributed by atoms with van der Waals surface area (Å²) in [5.41, 5.74) is 13.7. The average molecular weight is 645 g/mol. The Hall–Kier alpha value is -4.05. The highest BCUT2D eigenvalue weighted by Crippen LogP contribution is 2.39. The van der Waals surface area contributed by atoms with Gasteiger partial charge in [0.25, 0.3) is 11.4 Å². The van der Waals surface area contributed by atoms with Crippen molar-refractivity contribution >= 4 is 40.2 Å². The zero-order chi connectivity index (χ0) is 34.4. The number of aryl methyl sites for hydroxylation is 2. The molecule has 0 heterocycles. The maximum Gasteiger partial charge on any atom is 0.323 e. The molecule has 0 fully saturated rings. The fourth-order valence-corrected chi connectivity index (χ4v) is 5.52. The van der Waals surface area contributed by atoms with E-state index in [-0.39, 0.29) is 47.2 Å². The highest BCUT2D eigenvalue weighted by molar-refractivity contribution is 6.05. The summed E-state index contributed by atoms with van der Waals surface area (Å²) >= 11 is 0. The fourth-order valence-electron chi connectivity index (χ4n) is 5.52. The normalized spacial score (nSPS) is 11.2. The number of anilines is 4. The summed E-state index contributed by atoms with van der Waals surface area (Å²) in [6.45, 7) is 18.2. The van der Waals surface area contributed by atoms with Crippen LogP contribution in [0.5, 0.6) is 0 Å². The van der Waals surface area contributed by atoms with Crippen LogP contribution in [0.25, 0.3) is 0 Å². The van der Waals surface area contributed by atoms with Crippen LogP contribution in [0.2, 0.25) is 0 Å². The minimum Gasteiger partial charge on any atom is -0.362 e. The number of nitro benzene ring substituents is 2. The van der Waals surface area contributed by atoms with E-state index in [1.165, 1.54) is 12.1 Å². The monoisotopic (exact) mass is 644 g/mol. The molecule has 15 nitrogen and oxygen atoms in total. The van der Waals surface area contributed by atoms with Crippen molar-refractivity contribution in [3.63, 3.8) is 0 Å². The number of benzene rings is 2. The van der Waals surface area contributed by atoms with Crippen molar-refractivity contribution in [1.29, 1.82) is 0 Å². The number of nitrogens with zero attached hydrogens (tertiary/aromatic N) is 6. The lowest BCUT2D eigenvalue weighted by atomic mass is 10.1. The first-order valence-corrected chi connectivity index (χ1v) is 15.9. The third kappa shape index (κ3) is 10.5. The van der Waals surface area contributed by atoms with Crippen LogP contribution in [0.1, 0.15) is 38.8 Å². The van der Waals surface area contributed by atoms with Gasteiger partial charge in [-0.2, -0.15) is 0 Å². The molecular formula is C31H52N10O5. The molecule has 2 amide bonds. The van der Waals surface area contributed by atoms with Crippen molar-refractivity contribution in [2.45, 2.75) is 41.5 Å². The van der Waals surface area contributed by atoms with E-state index in [1.807, 2.05) is 37.5 Å². The zero-order valence-corrected chi connectivity index (χ0v) is 28.2. The number of likely N-dealkylation sites (N-methyl/N-ethyl adjacent to an activating group) is 2. The van der Waals surface area contributed by atoms with E-state index >= 15 is 0 Å². The van der Waals surface area contributed by atoms with Gasteiger partial charge in [-0.15, -0.1) is 0 Å². The molecule has 2 aromatic rings. The molecule has 0 atom stereocenters. The van der Waals surface area contributed by atoms with Crippen LogP contribution in [0.4, 0.5) is 38.9 Å². The molecule has 2 aromatic carbocycles. The molecule has 0 spiro atoms. The van der Waals surface area contributed by atoms with E-state index < -0.39 is 15.9 Å². The predicted octanol–water partition coefficient (Wildman–Crippen LogP) is 3.98. The molecule has 0 saturated carbocycles. The van der Waals surface area contributed by atoms with Gasteiger partial charge >= 0.3 is 6.03 Å². The molecule has 0 bridgehead atoms. The molecule has 6 N–H and O–H groups in total. The maximum absolute atomic E-state index is 13.7. The highest BCUT2D eigenvalue weighted by atomic mass is 16.6. The second kappa shape index (κ2) is 18.8. The summed E-state index contributed by atoms with van der Waals surface area (Å²) in [5, 5.41) is 30.1. The molecule has 0 unspecified atom stereocenters. The Morgan fingerprint density at radius 3 is 1.28 bits per heavy atom. The standard InChI is InChI=1S/C31H52N10O5/c1-7-36(8-2)15-17-38(13-11-32)29-25(19-23(5)21-27(29)40(43)44)34-31(42)35-26-20-24(6)22-28(41(45)46)30(26)39(14-12-33)18-16-37(9-3)10-4/h19-22H,7-18,32-33H2,1-6H3,(H2,34,35,42). The second-order valence-electron chi connectivity index (χ2n) is 11.1. The van der Waals surface area contributed by atoms with Gasteiger partial charge in [-0.25, -0.2) is 4.79 Å². The Morgan fingerprint density at radius 1 is 0.652 bits per heavy atom. The Bertz CT molecular complexity index is 1220. The number of nitro groups is 2. The number of carbonyl (C=O) groups is 1. The topological polar surface area (TPSA) is 192 Å².